The first-order chi connectivity index (χ1) is 12.3. The number of aromatic amines is 1. The summed E-state index contributed by atoms with van der Waals surface area (Å²) in [5, 5.41) is 9.44. The topological polar surface area (TPSA) is 96.0 Å². The Hall–Kier alpha value is -2.17. The molecule has 1 N–H and O–H groups in total. The van der Waals surface area contributed by atoms with Crippen molar-refractivity contribution in [1.29, 1.82) is 0 Å². The maximum atomic E-state index is 12.3. The number of thioether (sulfide) groups is 1. The SMILES string of the molecule is CN(c1ccc(C(=O)CSc2n[nH]c(-c3cccs3)n2)cc1)S(C)(=O)=O. The number of Topliss-reactive ketones (excluding diaryl/α,β-unsaturated/α-hetero) is 1. The van der Waals surface area contributed by atoms with Crippen LogP contribution in [0, 0.1) is 0 Å². The molecule has 0 bridgehead atoms. The number of rotatable bonds is 7. The number of benzene rings is 1. The zero-order chi connectivity index (χ0) is 18.7. The number of carbonyl (C=O) groups excluding carboxylic acids is 1. The molecular formula is C16H16N4O3S3. The van der Waals surface area contributed by atoms with Gasteiger partial charge in [0, 0.05) is 12.6 Å². The summed E-state index contributed by atoms with van der Waals surface area (Å²) in [7, 11) is -1.86. The molecule has 0 fully saturated rings. The predicted molar refractivity (Wildman–Crippen MR) is 104 cm³/mol. The molecule has 0 aliphatic heterocycles. The van der Waals surface area contributed by atoms with E-state index < -0.39 is 10.0 Å². The number of carbonyl (C=O) groups is 1. The molecule has 0 unspecified atom stereocenters. The van der Waals surface area contributed by atoms with Gasteiger partial charge in [0.1, 0.15) is 0 Å². The number of ketones is 1. The third-order valence-corrected chi connectivity index (χ3v) is 6.53. The van der Waals surface area contributed by atoms with E-state index in [0.29, 0.717) is 22.2 Å². The number of sulfonamides is 1. The van der Waals surface area contributed by atoms with Gasteiger partial charge in [0.05, 0.1) is 22.6 Å². The fourth-order valence-corrected chi connectivity index (χ4v) is 3.96. The highest BCUT2D eigenvalue weighted by molar-refractivity contribution is 7.99. The van der Waals surface area contributed by atoms with E-state index in [-0.39, 0.29) is 11.5 Å². The third-order valence-electron chi connectivity index (χ3n) is 3.60. The Labute approximate surface area is 159 Å². The lowest BCUT2D eigenvalue weighted by Gasteiger charge is -2.16. The smallest absolute Gasteiger partial charge is 0.231 e. The molecule has 1 aromatic carbocycles. The van der Waals surface area contributed by atoms with Crippen molar-refractivity contribution in [3.05, 3.63) is 47.3 Å². The Balaban J connectivity index is 1.62. The van der Waals surface area contributed by atoms with Crippen LogP contribution in [0.15, 0.2) is 46.9 Å². The summed E-state index contributed by atoms with van der Waals surface area (Å²) in [6.07, 6.45) is 1.13. The van der Waals surface area contributed by atoms with Crippen LogP contribution in [0.25, 0.3) is 10.7 Å². The second kappa shape index (κ2) is 7.60. The molecule has 0 radical (unpaired) electrons. The van der Waals surface area contributed by atoms with E-state index in [9.17, 15) is 13.2 Å². The van der Waals surface area contributed by atoms with Crippen LogP contribution in [0.3, 0.4) is 0 Å². The van der Waals surface area contributed by atoms with Gasteiger partial charge in [-0.2, -0.15) is 0 Å². The number of aromatic nitrogens is 3. The highest BCUT2D eigenvalue weighted by Gasteiger charge is 2.14. The summed E-state index contributed by atoms with van der Waals surface area (Å²) in [6.45, 7) is 0. The Morgan fingerprint density at radius 2 is 2.00 bits per heavy atom. The van der Waals surface area contributed by atoms with Crippen LogP contribution in [-0.2, 0) is 10.0 Å². The molecule has 0 spiro atoms. The van der Waals surface area contributed by atoms with Crippen molar-refractivity contribution in [3.8, 4) is 10.7 Å². The summed E-state index contributed by atoms with van der Waals surface area (Å²) in [5.74, 6) is 0.803. The second-order valence-electron chi connectivity index (χ2n) is 5.43. The van der Waals surface area contributed by atoms with Crippen LogP contribution in [0.2, 0.25) is 0 Å². The predicted octanol–water partition coefficient (Wildman–Crippen LogP) is 2.90. The van der Waals surface area contributed by atoms with Crippen molar-refractivity contribution in [2.75, 3.05) is 23.4 Å². The van der Waals surface area contributed by atoms with Gasteiger partial charge in [-0.3, -0.25) is 14.2 Å². The first-order valence-corrected chi connectivity index (χ1v) is 11.2. The fourth-order valence-electron chi connectivity index (χ4n) is 2.10. The van der Waals surface area contributed by atoms with Crippen molar-refractivity contribution >= 4 is 44.6 Å². The maximum absolute atomic E-state index is 12.3. The van der Waals surface area contributed by atoms with Crippen molar-refractivity contribution in [3.63, 3.8) is 0 Å². The quantitative estimate of drug-likeness (QED) is 0.477. The van der Waals surface area contributed by atoms with Crippen molar-refractivity contribution < 1.29 is 13.2 Å². The minimum Gasteiger partial charge on any atom is -0.293 e. The summed E-state index contributed by atoms with van der Waals surface area (Å²) in [4.78, 5) is 17.7. The lowest BCUT2D eigenvalue weighted by molar-refractivity contribution is 0.102. The molecule has 2 heterocycles. The standard InChI is InChI=1S/C16H16N4O3S3/c1-20(26(2,22)23)12-7-5-11(6-8-12)13(21)10-25-16-17-15(18-19-16)14-4-3-9-24-14/h3-9H,10H2,1-2H3,(H,17,18,19). The van der Waals surface area contributed by atoms with E-state index in [0.717, 1.165) is 15.4 Å². The van der Waals surface area contributed by atoms with Crippen LogP contribution in [-0.4, -0.2) is 48.4 Å². The van der Waals surface area contributed by atoms with Crippen LogP contribution in [0.4, 0.5) is 5.69 Å². The number of nitrogens with zero attached hydrogens (tertiary/aromatic N) is 3. The van der Waals surface area contributed by atoms with E-state index >= 15 is 0 Å². The fraction of sp³-hybridized carbons (Fsp3) is 0.188. The van der Waals surface area contributed by atoms with Gasteiger partial charge in [-0.15, -0.1) is 16.4 Å². The first-order valence-electron chi connectivity index (χ1n) is 7.51. The number of nitrogens with one attached hydrogen (secondary N) is 1. The van der Waals surface area contributed by atoms with Crippen LogP contribution >= 0.6 is 23.1 Å². The highest BCUT2D eigenvalue weighted by atomic mass is 32.2. The minimum absolute atomic E-state index is 0.0777. The highest BCUT2D eigenvalue weighted by Crippen LogP contribution is 2.24. The molecule has 0 amide bonds. The van der Waals surface area contributed by atoms with Gasteiger partial charge in [0.15, 0.2) is 11.6 Å². The van der Waals surface area contributed by atoms with E-state index in [1.165, 1.54) is 18.8 Å². The normalized spacial score (nSPS) is 11.5. The van der Waals surface area contributed by atoms with Gasteiger partial charge >= 0.3 is 0 Å². The van der Waals surface area contributed by atoms with Gasteiger partial charge in [-0.1, -0.05) is 17.8 Å². The van der Waals surface area contributed by atoms with Gasteiger partial charge in [0.25, 0.3) is 0 Å². The minimum atomic E-state index is -3.33. The second-order valence-corrected chi connectivity index (χ2v) is 9.34. The maximum Gasteiger partial charge on any atom is 0.231 e. The van der Waals surface area contributed by atoms with E-state index in [4.69, 9.17) is 0 Å². The lowest BCUT2D eigenvalue weighted by atomic mass is 10.1. The van der Waals surface area contributed by atoms with Gasteiger partial charge in [-0.25, -0.2) is 13.4 Å². The molecule has 0 aliphatic carbocycles. The number of H-pyrrole nitrogens is 1. The zero-order valence-electron chi connectivity index (χ0n) is 14.0. The van der Waals surface area contributed by atoms with Crippen molar-refractivity contribution in [1.82, 2.24) is 15.2 Å². The van der Waals surface area contributed by atoms with Crippen molar-refractivity contribution in [2.45, 2.75) is 5.16 Å². The molecular weight excluding hydrogens is 392 g/mol. The average molecular weight is 409 g/mol. The molecule has 0 atom stereocenters. The molecule has 0 aliphatic rings. The van der Waals surface area contributed by atoms with Gasteiger partial charge in [0.2, 0.25) is 15.2 Å². The van der Waals surface area contributed by atoms with E-state index in [1.54, 1.807) is 35.6 Å². The molecule has 0 saturated carbocycles. The third kappa shape index (κ3) is 4.32. The molecule has 3 rings (SSSR count). The Bertz CT molecular complexity index is 996. The monoisotopic (exact) mass is 408 g/mol. The molecule has 10 heteroatoms. The molecule has 2 aromatic heterocycles. The summed E-state index contributed by atoms with van der Waals surface area (Å²) in [5.41, 5.74) is 1.02. The largest absolute Gasteiger partial charge is 0.293 e. The Morgan fingerprint density at radius 1 is 1.27 bits per heavy atom. The summed E-state index contributed by atoms with van der Waals surface area (Å²) < 4.78 is 24.2. The number of hydrogen-bond donors (Lipinski definition) is 1. The molecule has 26 heavy (non-hydrogen) atoms. The lowest BCUT2D eigenvalue weighted by Crippen LogP contribution is -2.24. The number of thiophene rings is 1. The molecule has 3 aromatic rings. The molecule has 136 valence electrons. The first kappa shape index (κ1) is 18.6. The number of hydrogen-bond acceptors (Lipinski definition) is 7. The van der Waals surface area contributed by atoms with Gasteiger partial charge in [-0.05, 0) is 35.7 Å². The zero-order valence-corrected chi connectivity index (χ0v) is 16.5. The van der Waals surface area contributed by atoms with Crippen LogP contribution in [0.5, 0.6) is 0 Å². The summed E-state index contributed by atoms with van der Waals surface area (Å²) in [6, 6.07) is 10.3. The average Bonchev–Trinajstić information content (AvgIpc) is 3.29. The van der Waals surface area contributed by atoms with Crippen LogP contribution < -0.4 is 4.31 Å². The van der Waals surface area contributed by atoms with E-state index in [2.05, 4.69) is 15.2 Å². The Morgan fingerprint density at radius 3 is 2.62 bits per heavy atom. The Kier molecular flexibility index (Phi) is 5.44. The molecule has 0 saturated heterocycles. The molecule has 7 nitrogen and oxygen atoms in total. The van der Waals surface area contributed by atoms with E-state index in [1.807, 2.05) is 17.5 Å². The summed E-state index contributed by atoms with van der Waals surface area (Å²) >= 11 is 2.81. The van der Waals surface area contributed by atoms with Crippen LogP contribution in [0.1, 0.15) is 10.4 Å². The van der Waals surface area contributed by atoms with Gasteiger partial charge < -0.3 is 0 Å². The van der Waals surface area contributed by atoms with Crippen molar-refractivity contribution in [2.24, 2.45) is 0 Å². The number of anilines is 1.